The number of hydrogen-bond acceptors (Lipinski definition) is 4. The molecule has 1 aromatic rings. The molecule has 3 amide bonds. The van der Waals surface area contributed by atoms with E-state index in [1.54, 1.807) is 9.80 Å². The number of benzene rings is 1. The average Bonchev–Trinajstić information content (AvgIpc) is 2.69. The van der Waals surface area contributed by atoms with Gasteiger partial charge in [-0.15, -0.1) is 0 Å². The maximum atomic E-state index is 13.2. The highest BCUT2D eigenvalue weighted by Crippen LogP contribution is 2.22. The molecule has 2 aliphatic rings. The van der Waals surface area contributed by atoms with Gasteiger partial charge in [-0.25, -0.2) is 9.18 Å². The number of piperidine rings is 1. The summed E-state index contributed by atoms with van der Waals surface area (Å²) in [5, 5.41) is 11.7. The summed E-state index contributed by atoms with van der Waals surface area (Å²) in [5.41, 5.74) is 0.330. The molecule has 26 heavy (non-hydrogen) atoms. The number of ether oxygens (including phenoxy) is 1. The van der Waals surface area contributed by atoms with Crippen molar-refractivity contribution in [3.63, 3.8) is 0 Å². The molecule has 0 aromatic heterocycles. The Morgan fingerprint density at radius 2 is 2.00 bits per heavy atom. The van der Waals surface area contributed by atoms with E-state index >= 15 is 0 Å². The molecule has 1 N–H and O–H groups in total. The van der Waals surface area contributed by atoms with Crippen molar-refractivity contribution < 1.29 is 18.7 Å². The smallest absolute Gasteiger partial charge is 0.321 e. The molecular weight excluding hydrogens is 339 g/mol. The molecule has 0 spiro atoms. The second kappa shape index (κ2) is 8.15. The first-order valence-corrected chi connectivity index (χ1v) is 8.70. The van der Waals surface area contributed by atoms with Crippen LogP contribution in [0.1, 0.15) is 18.4 Å². The van der Waals surface area contributed by atoms with Crippen molar-refractivity contribution in [2.45, 2.75) is 12.8 Å². The predicted octanol–water partition coefficient (Wildman–Crippen LogP) is 1.80. The molecule has 8 heteroatoms. The van der Waals surface area contributed by atoms with Crippen LogP contribution in [0.5, 0.6) is 0 Å². The molecule has 1 unspecified atom stereocenters. The summed E-state index contributed by atoms with van der Waals surface area (Å²) in [6.45, 7) is 3.15. The molecular formula is C18H21FN4O3. The fourth-order valence-corrected chi connectivity index (χ4v) is 3.32. The lowest BCUT2D eigenvalue weighted by molar-refractivity contribution is -0.141. The molecule has 0 saturated carbocycles. The van der Waals surface area contributed by atoms with E-state index in [1.807, 2.05) is 6.07 Å². The van der Waals surface area contributed by atoms with Crippen molar-refractivity contribution in [2.24, 2.45) is 5.92 Å². The quantitative estimate of drug-likeness (QED) is 0.871. The fourth-order valence-electron chi connectivity index (χ4n) is 3.32. The van der Waals surface area contributed by atoms with Crippen LogP contribution >= 0.6 is 0 Å². The number of carbonyl (C=O) groups excluding carboxylic acids is 2. The van der Waals surface area contributed by atoms with Crippen molar-refractivity contribution in [3.05, 3.63) is 29.6 Å². The molecule has 3 rings (SSSR count). The fraction of sp³-hybridized carbons (Fsp3) is 0.500. The number of carbonyl (C=O) groups is 2. The molecule has 138 valence electrons. The number of amides is 3. The van der Waals surface area contributed by atoms with Crippen molar-refractivity contribution >= 4 is 17.6 Å². The summed E-state index contributed by atoms with van der Waals surface area (Å²) in [4.78, 5) is 28.6. The van der Waals surface area contributed by atoms with Gasteiger partial charge >= 0.3 is 6.03 Å². The van der Waals surface area contributed by atoms with Crippen LogP contribution in [-0.2, 0) is 9.53 Å². The van der Waals surface area contributed by atoms with Gasteiger partial charge in [-0.05, 0) is 31.0 Å². The first kappa shape index (κ1) is 18.1. The minimum absolute atomic E-state index is 0.0605. The summed E-state index contributed by atoms with van der Waals surface area (Å²) < 4.78 is 18.5. The van der Waals surface area contributed by atoms with Crippen molar-refractivity contribution in [1.82, 2.24) is 9.80 Å². The zero-order chi connectivity index (χ0) is 18.5. The molecule has 0 bridgehead atoms. The van der Waals surface area contributed by atoms with Gasteiger partial charge in [0.2, 0.25) is 5.91 Å². The van der Waals surface area contributed by atoms with Crippen LogP contribution in [-0.4, -0.2) is 61.1 Å². The third-order valence-corrected chi connectivity index (χ3v) is 4.72. The Bertz CT molecular complexity index is 728. The highest BCUT2D eigenvalue weighted by molar-refractivity contribution is 5.91. The maximum Gasteiger partial charge on any atom is 0.321 e. The highest BCUT2D eigenvalue weighted by atomic mass is 19.1. The van der Waals surface area contributed by atoms with E-state index in [-0.39, 0.29) is 29.1 Å². The lowest BCUT2D eigenvalue weighted by Crippen LogP contribution is -2.50. The number of morpholine rings is 1. The van der Waals surface area contributed by atoms with Gasteiger partial charge in [0.1, 0.15) is 11.9 Å². The molecule has 7 nitrogen and oxygen atoms in total. The largest absolute Gasteiger partial charge is 0.378 e. The molecule has 2 aliphatic heterocycles. The summed E-state index contributed by atoms with van der Waals surface area (Å²) >= 11 is 0. The molecule has 0 radical (unpaired) electrons. The molecule has 0 aliphatic carbocycles. The van der Waals surface area contributed by atoms with E-state index in [4.69, 9.17) is 10.00 Å². The number of hydrogen-bond donors (Lipinski definition) is 1. The SMILES string of the molecule is N#Cc1cc(F)ccc1NC(=O)N1CCCC(C(=O)N2CCOCC2)C1. The first-order chi connectivity index (χ1) is 12.6. The van der Waals surface area contributed by atoms with Crippen LogP contribution in [0.4, 0.5) is 14.9 Å². The number of halogens is 1. The molecule has 1 aromatic carbocycles. The van der Waals surface area contributed by atoms with Crippen molar-refractivity contribution in [2.75, 3.05) is 44.7 Å². The Labute approximate surface area is 151 Å². The van der Waals surface area contributed by atoms with Crippen molar-refractivity contribution in [1.29, 1.82) is 5.26 Å². The number of nitrogens with zero attached hydrogens (tertiary/aromatic N) is 3. The monoisotopic (exact) mass is 360 g/mol. The van der Waals surface area contributed by atoms with E-state index in [1.165, 1.54) is 12.1 Å². The van der Waals surface area contributed by atoms with Crippen LogP contribution in [0.2, 0.25) is 0 Å². The van der Waals surface area contributed by atoms with Gasteiger partial charge in [-0.2, -0.15) is 5.26 Å². The van der Waals surface area contributed by atoms with Gasteiger partial charge in [0.05, 0.1) is 30.4 Å². The third-order valence-electron chi connectivity index (χ3n) is 4.72. The summed E-state index contributed by atoms with van der Waals surface area (Å²) in [6, 6.07) is 5.13. The minimum Gasteiger partial charge on any atom is -0.378 e. The minimum atomic E-state index is -0.534. The third kappa shape index (κ3) is 4.11. The number of likely N-dealkylation sites (tertiary alicyclic amines) is 1. The van der Waals surface area contributed by atoms with Crippen molar-refractivity contribution in [3.8, 4) is 6.07 Å². The van der Waals surface area contributed by atoms with Gasteiger partial charge in [0.15, 0.2) is 0 Å². The van der Waals surface area contributed by atoms with Crippen LogP contribution in [0.3, 0.4) is 0 Å². The Hall–Kier alpha value is -2.66. The molecule has 2 fully saturated rings. The lowest BCUT2D eigenvalue weighted by Gasteiger charge is -2.36. The van der Waals surface area contributed by atoms with Gasteiger partial charge in [-0.1, -0.05) is 0 Å². The maximum absolute atomic E-state index is 13.2. The zero-order valence-electron chi connectivity index (χ0n) is 14.4. The normalized spacial score (nSPS) is 20.4. The number of anilines is 1. The predicted molar refractivity (Wildman–Crippen MR) is 91.8 cm³/mol. The van der Waals surface area contributed by atoms with Crippen LogP contribution in [0.15, 0.2) is 18.2 Å². The summed E-state index contributed by atoms with van der Waals surface area (Å²) in [6.07, 6.45) is 1.49. The second-order valence-corrected chi connectivity index (χ2v) is 6.45. The summed E-state index contributed by atoms with van der Waals surface area (Å²) in [5.74, 6) is -0.699. The van der Waals surface area contributed by atoms with E-state index < -0.39 is 5.82 Å². The second-order valence-electron chi connectivity index (χ2n) is 6.45. The highest BCUT2D eigenvalue weighted by Gasteiger charge is 2.32. The Kier molecular flexibility index (Phi) is 5.68. The Morgan fingerprint density at radius 3 is 2.73 bits per heavy atom. The number of nitriles is 1. The Balaban J connectivity index is 1.63. The molecule has 2 heterocycles. The number of rotatable bonds is 2. The van der Waals surface area contributed by atoms with E-state index in [2.05, 4.69) is 5.32 Å². The molecule has 1 atom stereocenters. The van der Waals surface area contributed by atoms with Crippen LogP contribution in [0, 0.1) is 23.1 Å². The standard InChI is InChI=1S/C18H21FN4O3/c19-15-3-4-16(14(10-15)11-20)21-18(25)23-5-1-2-13(12-23)17(24)22-6-8-26-9-7-22/h3-4,10,13H,1-2,5-9,12H2,(H,21,25). The van der Waals surface area contributed by atoms with E-state index in [9.17, 15) is 14.0 Å². The van der Waals surface area contributed by atoms with Gasteiger partial charge in [0.25, 0.3) is 0 Å². The number of urea groups is 1. The molecule has 2 saturated heterocycles. The van der Waals surface area contributed by atoms with Crippen LogP contribution < -0.4 is 5.32 Å². The van der Waals surface area contributed by atoms with Gasteiger partial charge in [0, 0.05) is 26.2 Å². The lowest BCUT2D eigenvalue weighted by atomic mass is 9.96. The topological polar surface area (TPSA) is 85.7 Å². The summed E-state index contributed by atoms with van der Waals surface area (Å²) in [7, 11) is 0. The first-order valence-electron chi connectivity index (χ1n) is 8.70. The zero-order valence-corrected chi connectivity index (χ0v) is 14.4. The average molecular weight is 360 g/mol. The Morgan fingerprint density at radius 1 is 1.23 bits per heavy atom. The number of nitrogens with one attached hydrogen (secondary N) is 1. The van der Waals surface area contributed by atoms with Crippen LogP contribution in [0.25, 0.3) is 0 Å². The van der Waals surface area contributed by atoms with E-state index in [0.717, 1.165) is 18.9 Å². The van der Waals surface area contributed by atoms with Gasteiger partial charge in [-0.3, -0.25) is 4.79 Å². The van der Waals surface area contributed by atoms with Gasteiger partial charge < -0.3 is 19.9 Å². The van der Waals surface area contributed by atoms with E-state index in [0.29, 0.717) is 39.4 Å².